The summed E-state index contributed by atoms with van der Waals surface area (Å²) in [5, 5.41) is 3.51. The van der Waals surface area contributed by atoms with Gasteiger partial charge in [-0.25, -0.2) is 13.6 Å². The Morgan fingerprint density at radius 1 is 1.39 bits per heavy atom. The van der Waals surface area contributed by atoms with Crippen molar-refractivity contribution in [2.75, 3.05) is 0 Å². The van der Waals surface area contributed by atoms with Crippen LogP contribution < -0.4 is 0 Å². The zero-order valence-corrected chi connectivity index (χ0v) is 9.31. The Morgan fingerprint density at radius 2 is 2.17 bits per heavy atom. The van der Waals surface area contributed by atoms with Gasteiger partial charge >= 0.3 is 5.97 Å². The van der Waals surface area contributed by atoms with E-state index < -0.39 is 17.6 Å². The number of nitrogens with zero attached hydrogens (tertiary/aromatic N) is 2. The highest BCUT2D eigenvalue weighted by Crippen LogP contribution is 2.10. The molecule has 0 spiro atoms. The molecule has 1 aromatic carbocycles. The molecule has 0 saturated carbocycles. The van der Waals surface area contributed by atoms with E-state index in [0.717, 1.165) is 18.2 Å². The summed E-state index contributed by atoms with van der Waals surface area (Å²) in [5.74, 6) is -2.40. The Bertz CT molecular complexity index is 583. The molecule has 0 aliphatic rings. The first-order valence-electron chi connectivity index (χ1n) is 4.97. The van der Waals surface area contributed by atoms with Crippen molar-refractivity contribution >= 4 is 5.97 Å². The van der Waals surface area contributed by atoms with Gasteiger partial charge in [-0.3, -0.25) is 0 Å². The van der Waals surface area contributed by atoms with E-state index in [0.29, 0.717) is 5.82 Å². The van der Waals surface area contributed by atoms with Crippen molar-refractivity contribution in [3.8, 4) is 0 Å². The molecule has 1 heterocycles. The molecule has 0 aliphatic carbocycles. The van der Waals surface area contributed by atoms with Crippen LogP contribution in [-0.2, 0) is 11.3 Å². The smallest absolute Gasteiger partial charge is 0.338 e. The number of carbonyl (C=O) groups is 1. The molecule has 94 valence electrons. The van der Waals surface area contributed by atoms with E-state index in [4.69, 9.17) is 9.26 Å². The lowest BCUT2D eigenvalue weighted by molar-refractivity contribution is 0.0429. The quantitative estimate of drug-likeness (QED) is 0.784. The number of esters is 1. The minimum atomic E-state index is -1.11. The SMILES string of the molecule is Cc1noc(COC(=O)c2ccc(F)c(F)c2)n1. The number of benzene rings is 1. The summed E-state index contributed by atoms with van der Waals surface area (Å²) in [4.78, 5) is 15.3. The molecule has 0 N–H and O–H groups in total. The molecule has 5 nitrogen and oxygen atoms in total. The molecule has 18 heavy (non-hydrogen) atoms. The molecule has 2 rings (SSSR count). The fraction of sp³-hybridized carbons (Fsp3) is 0.182. The Hall–Kier alpha value is -2.31. The third-order valence-corrected chi connectivity index (χ3v) is 2.05. The third-order valence-electron chi connectivity index (χ3n) is 2.05. The number of hydrogen-bond acceptors (Lipinski definition) is 5. The van der Waals surface area contributed by atoms with Crippen LogP contribution >= 0.6 is 0 Å². The maximum absolute atomic E-state index is 12.9. The van der Waals surface area contributed by atoms with E-state index in [2.05, 4.69) is 10.1 Å². The molecule has 0 unspecified atom stereocenters. The van der Waals surface area contributed by atoms with Crippen LogP contribution in [0.25, 0.3) is 0 Å². The molecule has 7 heteroatoms. The van der Waals surface area contributed by atoms with E-state index in [1.54, 1.807) is 6.92 Å². The third kappa shape index (κ3) is 2.68. The van der Waals surface area contributed by atoms with Crippen LogP contribution in [0, 0.1) is 18.6 Å². The first-order chi connectivity index (χ1) is 8.56. The van der Waals surface area contributed by atoms with Crippen LogP contribution in [-0.4, -0.2) is 16.1 Å². The van der Waals surface area contributed by atoms with Crippen LogP contribution in [0.2, 0.25) is 0 Å². The van der Waals surface area contributed by atoms with Crippen LogP contribution in [0.5, 0.6) is 0 Å². The lowest BCUT2D eigenvalue weighted by Crippen LogP contribution is -2.06. The lowest BCUT2D eigenvalue weighted by Gasteiger charge is -2.02. The molecule has 0 bridgehead atoms. The second-order valence-electron chi connectivity index (χ2n) is 3.44. The molecule has 0 fully saturated rings. The van der Waals surface area contributed by atoms with Crippen molar-refractivity contribution in [2.24, 2.45) is 0 Å². The maximum Gasteiger partial charge on any atom is 0.338 e. The highest BCUT2D eigenvalue weighted by atomic mass is 19.2. The fourth-order valence-corrected chi connectivity index (χ4v) is 1.23. The molecular formula is C11H8F2N2O3. The molecule has 1 aromatic heterocycles. The van der Waals surface area contributed by atoms with E-state index in [1.165, 1.54) is 0 Å². The largest absolute Gasteiger partial charge is 0.452 e. The average Bonchev–Trinajstić information content (AvgIpc) is 2.75. The van der Waals surface area contributed by atoms with Gasteiger partial charge in [0.1, 0.15) is 0 Å². The number of aryl methyl sites for hydroxylation is 1. The van der Waals surface area contributed by atoms with E-state index >= 15 is 0 Å². The van der Waals surface area contributed by atoms with Gasteiger partial charge < -0.3 is 9.26 Å². The zero-order chi connectivity index (χ0) is 13.1. The van der Waals surface area contributed by atoms with Crippen LogP contribution in [0.3, 0.4) is 0 Å². The predicted octanol–water partition coefficient (Wildman–Crippen LogP) is 2.01. The fourth-order valence-electron chi connectivity index (χ4n) is 1.23. The summed E-state index contributed by atoms with van der Waals surface area (Å²) in [7, 11) is 0. The summed E-state index contributed by atoms with van der Waals surface area (Å²) < 4.78 is 35.1. The average molecular weight is 254 g/mol. The van der Waals surface area contributed by atoms with Gasteiger partial charge in [0.05, 0.1) is 5.56 Å². The maximum atomic E-state index is 12.9. The lowest BCUT2D eigenvalue weighted by atomic mass is 10.2. The molecular weight excluding hydrogens is 246 g/mol. The van der Waals surface area contributed by atoms with Gasteiger partial charge in [-0.15, -0.1) is 0 Å². The normalized spacial score (nSPS) is 10.4. The van der Waals surface area contributed by atoms with Gasteiger partial charge in [0.25, 0.3) is 5.89 Å². The summed E-state index contributed by atoms with van der Waals surface area (Å²) in [6, 6.07) is 2.74. The highest BCUT2D eigenvalue weighted by Gasteiger charge is 2.12. The zero-order valence-electron chi connectivity index (χ0n) is 9.31. The minimum absolute atomic E-state index is 0.0925. The molecule has 0 aliphatic heterocycles. The van der Waals surface area contributed by atoms with Crippen LogP contribution in [0.15, 0.2) is 22.7 Å². The number of rotatable bonds is 3. The van der Waals surface area contributed by atoms with E-state index in [9.17, 15) is 13.6 Å². The molecule has 0 radical (unpaired) electrons. The molecule has 2 aromatic rings. The summed E-state index contributed by atoms with van der Waals surface area (Å²) >= 11 is 0. The summed E-state index contributed by atoms with van der Waals surface area (Å²) in [6.45, 7) is 1.39. The van der Waals surface area contributed by atoms with Crippen molar-refractivity contribution in [3.05, 3.63) is 47.1 Å². The van der Waals surface area contributed by atoms with Gasteiger partial charge in [-0.1, -0.05) is 5.16 Å². The summed E-state index contributed by atoms with van der Waals surface area (Å²) in [5.41, 5.74) is -0.0925. The molecule has 0 amide bonds. The second-order valence-corrected chi connectivity index (χ2v) is 3.44. The molecule has 0 atom stereocenters. The van der Waals surface area contributed by atoms with Gasteiger partial charge in [0.2, 0.25) is 0 Å². The number of hydrogen-bond donors (Lipinski definition) is 0. The first kappa shape index (κ1) is 12.2. The summed E-state index contributed by atoms with van der Waals surface area (Å²) in [6.07, 6.45) is 0. The van der Waals surface area contributed by atoms with Crippen molar-refractivity contribution in [1.82, 2.24) is 10.1 Å². The first-order valence-corrected chi connectivity index (χ1v) is 4.97. The Kier molecular flexibility index (Phi) is 3.31. The topological polar surface area (TPSA) is 65.2 Å². The van der Waals surface area contributed by atoms with Gasteiger partial charge in [0.15, 0.2) is 24.1 Å². The van der Waals surface area contributed by atoms with Gasteiger partial charge in [-0.2, -0.15) is 4.98 Å². The van der Waals surface area contributed by atoms with Crippen molar-refractivity contribution < 1.29 is 22.8 Å². The predicted molar refractivity (Wildman–Crippen MR) is 54.5 cm³/mol. The Labute approximate surface area is 100 Å². The number of ether oxygens (including phenoxy) is 1. The number of carbonyl (C=O) groups excluding carboxylic acids is 1. The number of halogens is 2. The highest BCUT2D eigenvalue weighted by molar-refractivity contribution is 5.89. The Morgan fingerprint density at radius 3 is 2.78 bits per heavy atom. The van der Waals surface area contributed by atoms with Gasteiger partial charge in [0, 0.05) is 0 Å². The standard InChI is InChI=1S/C11H8F2N2O3/c1-6-14-10(18-15-6)5-17-11(16)7-2-3-8(12)9(13)4-7/h2-4H,5H2,1H3. The van der Waals surface area contributed by atoms with E-state index in [-0.39, 0.29) is 18.1 Å². The van der Waals surface area contributed by atoms with E-state index in [1.807, 2.05) is 0 Å². The van der Waals surface area contributed by atoms with Crippen LogP contribution in [0.4, 0.5) is 8.78 Å². The monoisotopic (exact) mass is 254 g/mol. The Balaban J connectivity index is 2.01. The second kappa shape index (κ2) is 4.91. The van der Waals surface area contributed by atoms with Crippen LogP contribution in [0.1, 0.15) is 22.1 Å². The molecule has 0 saturated heterocycles. The van der Waals surface area contributed by atoms with Crippen molar-refractivity contribution in [2.45, 2.75) is 13.5 Å². The number of aromatic nitrogens is 2. The van der Waals surface area contributed by atoms with Crippen molar-refractivity contribution in [1.29, 1.82) is 0 Å². The minimum Gasteiger partial charge on any atom is -0.452 e. The van der Waals surface area contributed by atoms with Crippen molar-refractivity contribution in [3.63, 3.8) is 0 Å². The van der Waals surface area contributed by atoms with Gasteiger partial charge in [-0.05, 0) is 25.1 Å².